The van der Waals surface area contributed by atoms with Crippen LogP contribution in [-0.2, 0) is 9.47 Å². The van der Waals surface area contributed by atoms with Gasteiger partial charge in [-0.25, -0.2) is 4.79 Å². The molecule has 2 aliphatic heterocycles. The summed E-state index contributed by atoms with van der Waals surface area (Å²) >= 11 is 0. The van der Waals surface area contributed by atoms with Crippen molar-refractivity contribution in [3.8, 4) is 0 Å². The Morgan fingerprint density at radius 3 is 2.79 bits per heavy atom. The summed E-state index contributed by atoms with van der Waals surface area (Å²) in [5.41, 5.74) is 0. The Labute approximate surface area is 143 Å². The summed E-state index contributed by atoms with van der Waals surface area (Å²) in [4.78, 5) is 23.8. The van der Waals surface area contributed by atoms with Gasteiger partial charge in [0.2, 0.25) is 0 Å². The van der Waals surface area contributed by atoms with Crippen molar-refractivity contribution in [1.82, 2.24) is 9.91 Å². The van der Waals surface area contributed by atoms with E-state index in [2.05, 4.69) is 10.0 Å². The molecule has 24 heavy (non-hydrogen) atoms. The van der Waals surface area contributed by atoms with E-state index in [9.17, 15) is 14.9 Å². The van der Waals surface area contributed by atoms with Crippen molar-refractivity contribution in [3.05, 3.63) is 28.0 Å². The number of ether oxygens (including phenoxy) is 2. The number of nitrogens with zero attached hydrogens (tertiary/aromatic N) is 4. The van der Waals surface area contributed by atoms with Crippen LogP contribution in [0.5, 0.6) is 0 Å². The molecule has 3 rings (SSSR count). The number of amides is 1. The monoisotopic (exact) mass is 359 g/mol. The second-order valence-electron chi connectivity index (χ2n) is 5.18. The molecule has 1 aromatic rings. The highest BCUT2D eigenvalue weighted by atomic mass is 35.5. The molecule has 0 N–H and O–H groups in total. The van der Waals surface area contributed by atoms with E-state index in [1.165, 1.54) is 23.4 Å². The van der Waals surface area contributed by atoms with Crippen molar-refractivity contribution in [1.29, 1.82) is 0 Å². The fourth-order valence-corrected chi connectivity index (χ4v) is 2.41. The van der Waals surface area contributed by atoms with Gasteiger partial charge in [0.05, 0.1) is 32.0 Å². The first-order valence-electron chi connectivity index (χ1n) is 7.18. The zero-order valence-electron chi connectivity index (χ0n) is 12.7. The van der Waals surface area contributed by atoms with E-state index >= 15 is 0 Å². The molecule has 0 bridgehead atoms. The zero-order chi connectivity index (χ0) is 16.2. The molecule has 0 spiro atoms. The topological polar surface area (TPSA) is 111 Å². The summed E-state index contributed by atoms with van der Waals surface area (Å²) in [7, 11) is 0. The first-order valence-corrected chi connectivity index (χ1v) is 7.18. The summed E-state index contributed by atoms with van der Waals surface area (Å²) in [5.74, 6) is -0.179. The summed E-state index contributed by atoms with van der Waals surface area (Å²) in [6, 6.07) is 2.64. The van der Waals surface area contributed by atoms with Crippen LogP contribution in [0.1, 0.15) is 5.76 Å². The van der Waals surface area contributed by atoms with Gasteiger partial charge in [0.25, 0.3) is 0 Å². The van der Waals surface area contributed by atoms with Crippen LogP contribution in [0.3, 0.4) is 0 Å². The number of carbonyl (C=O) groups is 1. The van der Waals surface area contributed by atoms with Gasteiger partial charge in [0.15, 0.2) is 5.76 Å². The lowest BCUT2D eigenvalue weighted by atomic mass is 10.3. The van der Waals surface area contributed by atoms with Gasteiger partial charge in [-0.1, -0.05) is 0 Å². The van der Waals surface area contributed by atoms with E-state index < -0.39 is 11.0 Å². The standard InChI is InChI=1S/C13H16N4O6.ClH/c18-13-16(14-7-10-1-2-12(22-10)17(19)20)9-11(23-13)8-15-3-5-21-6-4-15;/h1-2,7,11H,3-6,8-9H2;1H/p-1. The summed E-state index contributed by atoms with van der Waals surface area (Å²) in [5, 5.41) is 15.7. The van der Waals surface area contributed by atoms with E-state index in [4.69, 9.17) is 13.9 Å². The Hall–Kier alpha value is -2.17. The quantitative estimate of drug-likeness (QED) is 0.329. The molecule has 1 unspecified atom stereocenters. The fraction of sp³-hybridized carbons (Fsp3) is 0.538. The lowest BCUT2D eigenvalue weighted by Gasteiger charge is -2.27. The van der Waals surface area contributed by atoms with E-state index in [1.807, 2.05) is 0 Å². The third-order valence-corrected chi connectivity index (χ3v) is 3.54. The molecule has 132 valence electrons. The molecule has 1 atom stereocenters. The second-order valence-corrected chi connectivity index (χ2v) is 5.18. The van der Waals surface area contributed by atoms with Crippen LogP contribution >= 0.6 is 0 Å². The van der Waals surface area contributed by atoms with Gasteiger partial charge >= 0.3 is 12.0 Å². The Kier molecular flexibility index (Phi) is 6.12. The van der Waals surface area contributed by atoms with Gasteiger partial charge in [-0.05, 0) is 6.07 Å². The van der Waals surface area contributed by atoms with Crippen LogP contribution in [0, 0.1) is 10.1 Å². The first kappa shape index (κ1) is 18.2. The number of hydrogen-bond acceptors (Lipinski definition) is 8. The average Bonchev–Trinajstić information content (AvgIpc) is 3.13. The van der Waals surface area contributed by atoms with Gasteiger partial charge in [-0.3, -0.25) is 15.0 Å². The number of morpholine rings is 1. The van der Waals surface area contributed by atoms with E-state index in [1.54, 1.807) is 0 Å². The Morgan fingerprint density at radius 2 is 2.12 bits per heavy atom. The van der Waals surface area contributed by atoms with Crippen LogP contribution in [0.2, 0.25) is 0 Å². The van der Waals surface area contributed by atoms with Gasteiger partial charge in [0, 0.05) is 19.6 Å². The van der Waals surface area contributed by atoms with Gasteiger partial charge in [0.1, 0.15) is 11.0 Å². The number of cyclic esters (lactones) is 1. The summed E-state index contributed by atoms with van der Waals surface area (Å²) in [6.07, 6.45) is 0.454. The number of carbonyl (C=O) groups excluding carboxylic acids is 1. The van der Waals surface area contributed by atoms with Gasteiger partial charge < -0.3 is 26.3 Å². The Morgan fingerprint density at radius 1 is 1.38 bits per heavy atom. The maximum Gasteiger partial charge on any atom is 0.433 e. The lowest BCUT2D eigenvalue weighted by Crippen LogP contribution is -3.00. The fourth-order valence-electron chi connectivity index (χ4n) is 2.41. The highest BCUT2D eigenvalue weighted by Gasteiger charge is 2.32. The second kappa shape index (κ2) is 8.08. The number of rotatable bonds is 5. The maximum atomic E-state index is 11.8. The number of furan rings is 1. The van der Waals surface area contributed by atoms with Crippen molar-refractivity contribution in [2.75, 3.05) is 39.4 Å². The van der Waals surface area contributed by atoms with Gasteiger partial charge in [-0.2, -0.15) is 10.1 Å². The molecule has 2 fully saturated rings. The number of halogens is 1. The van der Waals surface area contributed by atoms with E-state index in [0.29, 0.717) is 26.3 Å². The number of nitro groups is 1. The van der Waals surface area contributed by atoms with Crippen LogP contribution < -0.4 is 12.4 Å². The van der Waals surface area contributed by atoms with Crippen LogP contribution in [0.15, 0.2) is 21.7 Å². The van der Waals surface area contributed by atoms with Crippen molar-refractivity contribution >= 4 is 18.2 Å². The molecular weight excluding hydrogens is 344 g/mol. The minimum absolute atomic E-state index is 0. The average molecular weight is 360 g/mol. The predicted octanol–water partition coefficient (Wildman–Crippen LogP) is -2.32. The highest BCUT2D eigenvalue weighted by Crippen LogP contribution is 2.16. The van der Waals surface area contributed by atoms with Crippen molar-refractivity contribution in [2.24, 2.45) is 5.10 Å². The SMILES string of the molecule is O=C1OC(CN2CCOCC2)CN1N=Cc1ccc([N+](=O)[O-])o1.[Cl-]. The summed E-state index contributed by atoms with van der Waals surface area (Å²) in [6.45, 7) is 3.95. The molecule has 0 saturated carbocycles. The largest absolute Gasteiger partial charge is 1.00 e. The molecule has 0 aliphatic carbocycles. The minimum Gasteiger partial charge on any atom is -1.00 e. The molecule has 2 aliphatic rings. The zero-order valence-corrected chi connectivity index (χ0v) is 13.4. The number of hydrogen-bond donors (Lipinski definition) is 0. The van der Waals surface area contributed by atoms with Crippen LogP contribution in [0.4, 0.5) is 10.7 Å². The molecule has 0 radical (unpaired) electrons. The molecular formula is C13H16ClN4O6-. The minimum atomic E-state index is -0.639. The number of hydrazone groups is 1. The third kappa shape index (κ3) is 4.43. The Balaban J connectivity index is 0.00000208. The van der Waals surface area contributed by atoms with Crippen LogP contribution in [-0.4, -0.2) is 72.6 Å². The highest BCUT2D eigenvalue weighted by molar-refractivity contribution is 5.78. The summed E-state index contributed by atoms with van der Waals surface area (Å²) < 4.78 is 15.5. The first-order chi connectivity index (χ1) is 11.1. The van der Waals surface area contributed by atoms with Crippen molar-refractivity contribution < 1.29 is 36.0 Å². The molecule has 1 aromatic heterocycles. The van der Waals surface area contributed by atoms with Crippen molar-refractivity contribution in [3.63, 3.8) is 0 Å². The Bertz CT molecular complexity index is 615. The normalized spacial score (nSPS) is 21.8. The van der Waals surface area contributed by atoms with E-state index in [-0.39, 0.29) is 30.2 Å². The maximum absolute atomic E-state index is 11.8. The molecule has 2 saturated heterocycles. The molecule has 3 heterocycles. The third-order valence-electron chi connectivity index (χ3n) is 3.54. The molecule has 1 amide bonds. The van der Waals surface area contributed by atoms with Crippen LogP contribution in [0.25, 0.3) is 0 Å². The van der Waals surface area contributed by atoms with E-state index in [0.717, 1.165) is 13.1 Å². The lowest BCUT2D eigenvalue weighted by molar-refractivity contribution is -0.402. The van der Waals surface area contributed by atoms with Crippen molar-refractivity contribution in [2.45, 2.75) is 6.10 Å². The molecule has 0 aromatic carbocycles. The predicted molar refractivity (Wildman–Crippen MR) is 77.2 cm³/mol. The molecule has 10 nitrogen and oxygen atoms in total. The molecule has 11 heteroatoms. The smallest absolute Gasteiger partial charge is 0.433 e. The van der Waals surface area contributed by atoms with Gasteiger partial charge in [-0.15, -0.1) is 0 Å².